The van der Waals surface area contributed by atoms with Crippen LogP contribution < -0.4 is 10.3 Å². The smallest absolute Gasteiger partial charge is 0.275 e. The van der Waals surface area contributed by atoms with E-state index in [1.165, 1.54) is 10.6 Å². The molecule has 1 aliphatic heterocycles. The summed E-state index contributed by atoms with van der Waals surface area (Å²) in [5.41, 5.74) is 2.00. The predicted octanol–water partition coefficient (Wildman–Crippen LogP) is 2.52. The van der Waals surface area contributed by atoms with Crippen LogP contribution >= 0.6 is 0 Å². The SMILES string of the molecule is Cc1nc2cc(C3CCCCN3C(=O)c3cc(F)ccc3NS(C)(=O)=O)[nH]n2c(=O)c1C. The number of likely N-dealkylation sites (tertiary alicyclic amines) is 1. The van der Waals surface area contributed by atoms with Gasteiger partial charge in [-0.05, 0) is 51.3 Å². The Balaban J connectivity index is 1.76. The van der Waals surface area contributed by atoms with Gasteiger partial charge in [0.25, 0.3) is 11.5 Å². The number of anilines is 1. The van der Waals surface area contributed by atoms with Crippen LogP contribution in [0, 0.1) is 19.7 Å². The number of H-pyrrole nitrogens is 1. The maximum absolute atomic E-state index is 14.0. The second kappa shape index (κ2) is 8.05. The maximum atomic E-state index is 14.0. The number of piperidine rings is 1. The van der Waals surface area contributed by atoms with Crippen LogP contribution in [-0.4, -0.2) is 46.6 Å². The Labute approximate surface area is 184 Å². The van der Waals surface area contributed by atoms with E-state index in [1.54, 1.807) is 24.8 Å². The number of sulfonamides is 1. The zero-order chi connectivity index (χ0) is 23.2. The van der Waals surface area contributed by atoms with Crippen molar-refractivity contribution in [3.8, 4) is 0 Å². The number of carbonyl (C=O) groups is 1. The summed E-state index contributed by atoms with van der Waals surface area (Å²) in [6.07, 6.45) is 3.22. The largest absolute Gasteiger partial charge is 0.330 e. The number of hydrogen-bond acceptors (Lipinski definition) is 5. The van der Waals surface area contributed by atoms with Crippen molar-refractivity contribution >= 4 is 27.3 Å². The van der Waals surface area contributed by atoms with Crippen molar-refractivity contribution in [2.24, 2.45) is 0 Å². The number of aryl methyl sites for hydroxylation is 1. The van der Waals surface area contributed by atoms with Crippen LogP contribution in [0.2, 0.25) is 0 Å². The molecular formula is C21H24FN5O4S. The fourth-order valence-electron chi connectivity index (χ4n) is 4.04. The van der Waals surface area contributed by atoms with Crippen LogP contribution in [-0.2, 0) is 10.0 Å². The highest BCUT2D eigenvalue weighted by Crippen LogP contribution is 2.33. The van der Waals surface area contributed by atoms with E-state index in [1.807, 2.05) is 0 Å². The first-order valence-corrected chi connectivity index (χ1v) is 12.1. The molecule has 0 bridgehead atoms. The number of aromatic amines is 1. The lowest BCUT2D eigenvalue weighted by Crippen LogP contribution is -2.39. The summed E-state index contributed by atoms with van der Waals surface area (Å²) in [7, 11) is -3.67. The van der Waals surface area contributed by atoms with Crippen LogP contribution in [0.3, 0.4) is 0 Å². The zero-order valence-electron chi connectivity index (χ0n) is 18.0. The molecule has 9 nitrogen and oxygen atoms in total. The van der Waals surface area contributed by atoms with E-state index < -0.39 is 27.8 Å². The highest BCUT2D eigenvalue weighted by atomic mass is 32.2. The zero-order valence-corrected chi connectivity index (χ0v) is 18.8. The number of aromatic nitrogens is 3. The van der Waals surface area contributed by atoms with Crippen molar-refractivity contribution in [1.82, 2.24) is 19.5 Å². The number of nitrogens with zero attached hydrogens (tertiary/aromatic N) is 3. The molecule has 32 heavy (non-hydrogen) atoms. The molecule has 0 spiro atoms. The number of nitrogens with one attached hydrogen (secondary N) is 2. The van der Waals surface area contributed by atoms with Gasteiger partial charge in [0.15, 0.2) is 5.65 Å². The van der Waals surface area contributed by atoms with Gasteiger partial charge in [-0.25, -0.2) is 22.3 Å². The number of rotatable bonds is 4. The molecular weight excluding hydrogens is 437 g/mol. The van der Waals surface area contributed by atoms with E-state index in [4.69, 9.17) is 0 Å². The molecule has 3 heterocycles. The monoisotopic (exact) mass is 461 g/mol. The molecule has 1 fully saturated rings. The number of fused-ring (bicyclic) bond motifs is 1. The predicted molar refractivity (Wildman–Crippen MR) is 118 cm³/mol. The molecule has 3 aromatic rings. The first-order valence-electron chi connectivity index (χ1n) is 10.2. The Hall–Kier alpha value is -3.21. The van der Waals surface area contributed by atoms with E-state index in [2.05, 4.69) is 14.8 Å². The molecule has 1 unspecified atom stereocenters. The van der Waals surface area contributed by atoms with Gasteiger partial charge < -0.3 is 4.90 Å². The highest BCUT2D eigenvalue weighted by molar-refractivity contribution is 7.92. The molecule has 0 aliphatic carbocycles. The van der Waals surface area contributed by atoms with E-state index in [0.29, 0.717) is 35.6 Å². The Bertz CT molecular complexity index is 1380. The van der Waals surface area contributed by atoms with Crippen molar-refractivity contribution in [2.75, 3.05) is 17.5 Å². The van der Waals surface area contributed by atoms with Crippen LogP contribution in [0.4, 0.5) is 10.1 Å². The summed E-state index contributed by atoms with van der Waals surface area (Å²) in [6.45, 7) is 3.88. The van der Waals surface area contributed by atoms with Crippen molar-refractivity contribution in [3.63, 3.8) is 0 Å². The summed E-state index contributed by atoms with van der Waals surface area (Å²) in [4.78, 5) is 32.1. The van der Waals surface area contributed by atoms with Gasteiger partial charge in [0.2, 0.25) is 10.0 Å². The molecule has 11 heteroatoms. The summed E-state index contributed by atoms with van der Waals surface area (Å²) in [6, 6.07) is 4.71. The van der Waals surface area contributed by atoms with Gasteiger partial charge in [-0.1, -0.05) is 0 Å². The average Bonchev–Trinajstić information content (AvgIpc) is 3.16. The normalized spacial score (nSPS) is 17.0. The quantitative estimate of drug-likeness (QED) is 0.619. The van der Waals surface area contributed by atoms with Gasteiger partial charge in [0.1, 0.15) is 5.82 Å². The van der Waals surface area contributed by atoms with Gasteiger partial charge in [-0.2, -0.15) is 0 Å². The van der Waals surface area contributed by atoms with Crippen molar-refractivity contribution in [2.45, 2.75) is 39.2 Å². The van der Waals surface area contributed by atoms with Crippen LogP contribution in [0.1, 0.15) is 52.6 Å². The fourth-order valence-corrected chi connectivity index (χ4v) is 4.62. The van der Waals surface area contributed by atoms with E-state index in [-0.39, 0.29) is 16.8 Å². The Morgan fingerprint density at radius 3 is 2.72 bits per heavy atom. The molecule has 2 aromatic heterocycles. The average molecular weight is 462 g/mol. The van der Waals surface area contributed by atoms with Crippen molar-refractivity contribution in [1.29, 1.82) is 0 Å². The van der Waals surface area contributed by atoms with Gasteiger partial charge in [0.05, 0.1) is 29.2 Å². The topological polar surface area (TPSA) is 117 Å². The van der Waals surface area contributed by atoms with Gasteiger partial charge in [0, 0.05) is 23.9 Å². The first-order chi connectivity index (χ1) is 15.0. The van der Waals surface area contributed by atoms with E-state index >= 15 is 0 Å². The summed E-state index contributed by atoms with van der Waals surface area (Å²) in [5.74, 6) is -1.14. The molecule has 4 rings (SSSR count). The summed E-state index contributed by atoms with van der Waals surface area (Å²) in [5, 5.41) is 3.06. The molecule has 0 radical (unpaired) electrons. The minimum atomic E-state index is -3.67. The molecule has 2 N–H and O–H groups in total. The van der Waals surface area contributed by atoms with Crippen LogP contribution in [0.25, 0.3) is 5.65 Å². The highest BCUT2D eigenvalue weighted by Gasteiger charge is 2.32. The fraction of sp³-hybridized carbons (Fsp3) is 0.381. The van der Waals surface area contributed by atoms with Crippen LogP contribution in [0.5, 0.6) is 0 Å². The minimum Gasteiger partial charge on any atom is -0.330 e. The molecule has 1 atom stereocenters. The van der Waals surface area contributed by atoms with Crippen molar-refractivity contribution in [3.05, 3.63) is 63.0 Å². The number of benzene rings is 1. The second-order valence-electron chi connectivity index (χ2n) is 8.11. The third-order valence-electron chi connectivity index (χ3n) is 5.73. The molecule has 170 valence electrons. The minimum absolute atomic E-state index is 0.0176. The van der Waals surface area contributed by atoms with E-state index in [9.17, 15) is 22.4 Å². The first kappa shape index (κ1) is 22.0. The number of amides is 1. The lowest BCUT2D eigenvalue weighted by Gasteiger charge is -2.35. The third kappa shape index (κ3) is 4.12. The molecule has 1 amide bonds. The van der Waals surface area contributed by atoms with Crippen molar-refractivity contribution < 1.29 is 17.6 Å². The summed E-state index contributed by atoms with van der Waals surface area (Å²) >= 11 is 0. The number of halogens is 1. The maximum Gasteiger partial charge on any atom is 0.275 e. The van der Waals surface area contributed by atoms with Gasteiger partial charge in [-0.15, -0.1) is 0 Å². The summed E-state index contributed by atoms with van der Waals surface area (Å²) < 4.78 is 41.1. The number of hydrogen-bond donors (Lipinski definition) is 2. The molecule has 1 saturated heterocycles. The van der Waals surface area contributed by atoms with Gasteiger partial charge >= 0.3 is 0 Å². The lowest BCUT2D eigenvalue weighted by molar-refractivity contribution is 0.0606. The Morgan fingerprint density at radius 1 is 1.25 bits per heavy atom. The molecule has 1 aliphatic rings. The number of carbonyl (C=O) groups excluding carboxylic acids is 1. The molecule has 0 saturated carbocycles. The second-order valence-corrected chi connectivity index (χ2v) is 9.86. The molecule has 1 aromatic carbocycles. The Morgan fingerprint density at radius 2 is 2.00 bits per heavy atom. The van der Waals surface area contributed by atoms with Gasteiger partial charge in [-0.3, -0.25) is 19.4 Å². The third-order valence-corrected chi connectivity index (χ3v) is 6.32. The standard InChI is InChI=1S/C21H24FN5O4S/c1-12-13(2)23-19-11-17(24-27(19)20(12)28)18-6-4-5-9-26(18)21(29)15-10-14(22)7-8-16(15)25-32(3,30)31/h7-8,10-11,18,24-25H,4-6,9H2,1-3H3. The van der Waals surface area contributed by atoms with E-state index in [0.717, 1.165) is 31.2 Å². The van der Waals surface area contributed by atoms with Crippen LogP contribution in [0.15, 0.2) is 29.1 Å². The Kier molecular flexibility index (Phi) is 5.53. The lowest BCUT2D eigenvalue weighted by atomic mass is 9.98.